The summed E-state index contributed by atoms with van der Waals surface area (Å²) in [6.45, 7) is 6.17. The number of aliphatic carboxylic acids is 1. The summed E-state index contributed by atoms with van der Waals surface area (Å²) in [5, 5.41) is 11.5. The lowest BCUT2D eigenvalue weighted by atomic mass is 9.86. The second-order valence-corrected chi connectivity index (χ2v) is 10.2. The van der Waals surface area contributed by atoms with Gasteiger partial charge in [-0.05, 0) is 97.7 Å². The fraction of sp³-hybridized carbons (Fsp3) is 0.344. The molecule has 0 aromatic heterocycles. The first-order valence-corrected chi connectivity index (χ1v) is 13.5. The number of carboxylic acids is 1. The van der Waals surface area contributed by atoms with Crippen LogP contribution in [0.25, 0.3) is 11.1 Å². The number of carboxylic acid groups (broad SMARTS) is 1. The molecular formula is C32H33NO4. The molecule has 0 bridgehead atoms. The van der Waals surface area contributed by atoms with E-state index in [2.05, 4.69) is 43.0 Å². The minimum absolute atomic E-state index is 0.349. The Morgan fingerprint density at radius 1 is 0.946 bits per heavy atom. The van der Waals surface area contributed by atoms with Gasteiger partial charge in [-0.2, -0.15) is 0 Å². The van der Waals surface area contributed by atoms with Gasteiger partial charge in [-0.3, -0.25) is 0 Å². The quantitative estimate of drug-likeness (QED) is 0.400. The van der Waals surface area contributed by atoms with E-state index in [1.54, 1.807) is 0 Å². The first kappa shape index (κ1) is 23.7. The molecule has 0 saturated carbocycles. The molecule has 2 heterocycles. The number of benzene rings is 3. The minimum Gasteiger partial charge on any atom is -0.482 e. The topological polar surface area (TPSA) is 59.0 Å². The van der Waals surface area contributed by atoms with E-state index in [4.69, 9.17) is 14.6 Å². The molecule has 0 saturated heterocycles. The maximum absolute atomic E-state index is 10.9. The number of nitrogens with zero attached hydrogens (tertiary/aromatic N) is 1. The zero-order chi connectivity index (χ0) is 25.5. The molecular weight excluding hydrogens is 462 g/mol. The highest BCUT2D eigenvalue weighted by Gasteiger charge is 2.26. The van der Waals surface area contributed by atoms with Gasteiger partial charge in [-0.15, -0.1) is 0 Å². The molecule has 37 heavy (non-hydrogen) atoms. The Labute approximate surface area is 217 Å². The van der Waals surface area contributed by atoms with Gasteiger partial charge in [-0.1, -0.05) is 24.6 Å². The summed E-state index contributed by atoms with van der Waals surface area (Å²) >= 11 is 0. The molecule has 1 aliphatic carbocycles. The second kappa shape index (κ2) is 9.62. The summed E-state index contributed by atoms with van der Waals surface area (Å²) in [5.41, 5.74) is 8.95. The van der Waals surface area contributed by atoms with E-state index >= 15 is 0 Å². The molecule has 5 nitrogen and oxygen atoms in total. The largest absolute Gasteiger partial charge is 0.482 e. The molecule has 5 heteroatoms. The Kier molecular flexibility index (Phi) is 6.15. The number of rotatable bonds is 6. The zero-order valence-electron chi connectivity index (χ0n) is 21.6. The third-order valence-corrected chi connectivity index (χ3v) is 7.98. The molecule has 0 amide bonds. The molecule has 190 valence electrons. The Bertz CT molecular complexity index is 1500. The van der Waals surface area contributed by atoms with Crippen molar-refractivity contribution >= 4 is 22.8 Å². The lowest BCUT2D eigenvalue weighted by Crippen LogP contribution is -2.30. The molecule has 2 aliphatic heterocycles. The highest BCUT2D eigenvalue weighted by atomic mass is 16.5. The number of hydrogen-bond donors (Lipinski definition) is 1. The van der Waals surface area contributed by atoms with Gasteiger partial charge in [0, 0.05) is 41.2 Å². The SMILES string of the molecule is CCC1=c2cc3c(cc2CCC1)=C(c1ccc(OCC(=O)O)cc1)c1cc2c(cc1O3)N(CC)CCC2. The summed E-state index contributed by atoms with van der Waals surface area (Å²) in [7, 11) is 0. The highest BCUT2D eigenvalue weighted by molar-refractivity contribution is 5.87. The molecule has 1 N–H and O–H groups in total. The minimum atomic E-state index is -0.982. The van der Waals surface area contributed by atoms with E-state index in [0.717, 1.165) is 73.0 Å². The van der Waals surface area contributed by atoms with Gasteiger partial charge in [0.1, 0.15) is 17.2 Å². The third kappa shape index (κ3) is 4.26. The van der Waals surface area contributed by atoms with E-state index in [0.29, 0.717) is 5.75 Å². The molecule has 3 aromatic carbocycles. The maximum atomic E-state index is 10.9. The van der Waals surface area contributed by atoms with Crippen molar-refractivity contribution in [3.8, 4) is 17.2 Å². The van der Waals surface area contributed by atoms with Crippen molar-refractivity contribution in [2.45, 2.75) is 52.4 Å². The van der Waals surface area contributed by atoms with E-state index in [9.17, 15) is 4.79 Å². The predicted octanol–water partition coefficient (Wildman–Crippen LogP) is 5.17. The lowest BCUT2D eigenvalue weighted by Gasteiger charge is -2.32. The fourth-order valence-corrected chi connectivity index (χ4v) is 6.17. The van der Waals surface area contributed by atoms with Crippen molar-refractivity contribution in [2.24, 2.45) is 0 Å². The maximum Gasteiger partial charge on any atom is 0.341 e. The molecule has 0 radical (unpaired) electrons. The van der Waals surface area contributed by atoms with Crippen LogP contribution in [0, 0.1) is 0 Å². The second-order valence-electron chi connectivity index (χ2n) is 10.2. The van der Waals surface area contributed by atoms with Crippen LogP contribution in [0.5, 0.6) is 17.2 Å². The van der Waals surface area contributed by atoms with Crippen molar-refractivity contribution in [1.82, 2.24) is 0 Å². The molecule has 3 aliphatic rings. The summed E-state index contributed by atoms with van der Waals surface area (Å²) in [5.74, 6) is 1.39. The van der Waals surface area contributed by atoms with Crippen molar-refractivity contribution < 1.29 is 19.4 Å². The smallest absolute Gasteiger partial charge is 0.341 e. The van der Waals surface area contributed by atoms with Crippen LogP contribution in [0.1, 0.15) is 61.8 Å². The van der Waals surface area contributed by atoms with Crippen molar-refractivity contribution in [3.63, 3.8) is 0 Å². The third-order valence-electron chi connectivity index (χ3n) is 7.98. The molecule has 0 unspecified atom stereocenters. The summed E-state index contributed by atoms with van der Waals surface area (Å²) in [4.78, 5) is 13.4. The molecule has 0 fully saturated rings. The van der Waals surface area contributed by atoms with Crippen LogP contribution in [0.3, 0.4) is 0 Å². The number of fused-ring (bicyclic) bond motifs is 4. The van der Waals surface area contributed by atoms with Crippen molar-refractivity contribution in [3.05, 3.63) is 81.2 Å². The monoisotopic (exact) mass is 495 g/mol. The van der Waals surface area contributed by atoms with Gasteiger partial charge in [-0.25, -0.2) is 4.79 Å². The van der Waals surface area contributed by atoms with Crippen LogP contribution in [0.2, 0.25) is 0 Å². The average molecular weight is 496 g/mol. The first-order valence-electron chi connectivity index (χ1n) is 13.5. The van der Waals surface area contributed by atoms with E-state index in [1.807, 2.05) is 24.3 Å². The number of ether oxygens (including phenoxy) is 2. The van der Waals surface area contributed by atoms with Crippen molar-refractivity contribution in [1.29, 1.82) is 0 Å². The average Bonchev–Trinajstić information content (AvgIpc) is 2.92. The number of hydrogen-bond acceptors (Lipinski definition) is 4. The van der Waals surface area contributed by atoms with Crippen LogP contribution in [-0.4, -0.2) is 30.8 Å². The van der Waals surface area contributed by atoms with Crippen LogP contribution in [-0.2, 0) is 17.6 Å². The number of aryl methyl sites for hydroxylation is 2. The Morgan fingerprint density at radius 2 is 1.76 bits per heavy atom. The van der Waals surface area contributed by atoms with Gasteiger partial charge in [0.25, 0.3) is 0 Å². The predicted molar refractivity (Wildman–Crippen MR) is 146 cm³/mol. The van der Waals surface area contributed by atoms with E-state index in [-0.39, 0.29) is 6.61 Å². The van der Waals surface area contributed by atoms with Gasteiger partial charge in [0.2, 0.25) is 0 Å². The Morgan fingerprint density at radius 3 is 2.51 bits per heavy atom. The van der Waals surface area contributed by atoms with E-state index < -0.39 is 5.97 Å². The van der Waals surface area contributed by atoms with Crippen LogP contribution in [0.15, 0.2) is 48.5 Å². The number of carbonyl (C=O) groups is 1. The van der Waals surface area contributed by atoms with Crippen LogP contribution in [0.4, 0.5) is 5.69 Å². The summed E-state index contributed by atoms with van der Waals surface area (Å²) < 4.78 is 12.1. The first-order chi connectivity index (χ1) is 18.1. The number of anilines is 1. The standard InChI is InChI=1S/C32H33NO4/c1-3-20-7-5-8-22-15-26-29(17-25(20)22)37-30-18-28-23(9-6-14-33(28)4-2)16-27(30)32(26)21-10-12-24(13-11-21)36-19-31(34)35/h10-13,15-18H,3-9,14,19H2,1-2H3,(H,34,35). The van der Waals surface area contributed by atoms with Crippen LogP contribution >= 0.6 is 0 Å². The fourth-order valence-electron chi connectivity index (χ4n) is 6.17. The zero-order valence-corrected chi connectivity index (χ0v) is 21.6. The molecule has 3 aromatic rings. The highest BCUT2D eigenvalue weighted by Crippen LogP contribution is 2.42. The van der Waals surface area contributed by atoms with Gasteiger partial charge in [0.15, 0.2) is 6.61 Å². The summed E-state index contributed by atoms with van der Waals surface area (Å²) in [6.07, 6.45) is 6.73. The molecule has 0 atom stereocenters. The van der Waals surface area contributed by atoms with Gasteiger partial charge < -0.3 is 19.5 Å². The summed E-state index contributed by atoms with van der Waals surface area (Å²) in [6, 6.07) is 17.0. The van der Waals surface area contributed by atoms with Gasteiger partial charge in [0.05, 0.1) is 0 Å². The van der Waals surface area contributed by atoms with Gasteiger partial charge >= 0.3 is 5.97 Å². The molecule has 0 spiro atoms. The molecule has 6 rings (SSSR count). The van der Waals surface area contributed by atoms with E-state index in [1.165, 1.54) is 39.6 Å². The Hall–Kier alpha value is -3.73. The normalized spacial score (nSPS) is 15.8. The van der Waals surface area contributed by atoms with Crippen molar-refractivity contribution in [2.75, 3.05) is 24.6 Å². The van der Waals surface area contributed by atoms with Crippen LogP contribution < -0.4 is 24.8 Å². The Balaban J connectivity index is 1.58. The lowest BCUT2D eigenvalue weighted by molar-refractivity contribution is -0.139.